The van der Waals surface area contributed by atoms with Crippen molar-refractivity contribution in [1.29, 1.82) is 0 Å². The first-order chi connectivity index (χ1) is 17.1. The monoisotopic (exact) mass is 469 g/mol. The molecular formula is C27H27N5O3. The van der Waals surface area contributed by atoms with Gasteiger partial charge in [-0.15, -0.1) is 0 Å². The van der Waals surface area contributed by atoms with Gasteiger partial charge in [0, 0.05) is 30.6 Å². The summed E-state index contributed by atoms with van der Waals surface area (Å²) in [6, 6.07) is 21.8. The number of rotatable bonds is 3. The lowest BCUT2D eigenvalue weighted by Gasteiger charge is -2.47. The van der Waals surface area contributed by atoms with E-state index in [2.05, 4.69) is 38.3 Å². The minimum atomic E-state index is -0.775. The number of carbonyl (C=O) groups is 3. The van der Waals surface area contributed by atoms with E-state index in [9.17, 15) is 14.4 Å². The van der Waals surface area contributed by atoms with Gasteiger partial charge in [0.1, 0.15) is 6.29 Å². The van der Waals surface area contributed by atoms with E-state index in [4.69, 9.17) is 0 Å². The lowest BCUT2D eigenvalue weighted by Crippen LogP contribution is -2.74. The number of nitrogens with zero attached hydrogens (tertiary/aromatic N) is 1. The smallest absolute Gasteiger partial charge is 0.229 e. The van der Waals surface area contributed by atoms with Crippen LogP contribution in [0.4, 0.5) is 5.69 Å². The van der Waals surface area contributed by atoms with Crippen LogP contribution >= 0.6 is 0 Å². The van der Waals surface area contributed by atoms with Crippen LogP contribution in [0.5, 0.6) is 0 Å². The molecule has 3 aromatic carbocycles. The van der Waals surface area contributed by atoms with Crippen molar-refractivity contribution in [2.45, 2.75) is 31.8 Å². The Balaban J connectivity index is 1.21. The third kappa shape index (κ3) is 4.05. The number of amides is 3. The van der Waals surface area contributed by atoms with Gasteiger partial charge in [-0.1, -0.05) is 60.7 Å². The number of anilines is 1. The summed E-state index contributed by atoms with van der Waals surface area (Å²) in [6.45, 7) is 1.48. The fraction of sp³-hybridized carbons (Fsp3) is 0.296. The molecule has 3 aliphatic heterocycles. The van der Waals surface area contributed by atoms with Gasteiger partial charge in [0.25, 0.3) is 0 Å². The molecular weight excluding hydrogens is 442 g/mol. The molecule has 3 aliphatic rings. The van der Waals surface area contributed by atoms with Gasteiger partial charge in [0.2, 0.25) is 17.7 Å². The van der Waals surface area contributed by atoms with Crippen molar-refractivity contribution in [2.24, 2.45) is 11.8 Å². The Hall–Kier alpha value is -3.75. The molecule has 3 heterocycles. The zero-order valence-electron chi connectivity index (χ0n) is 19.2. The number of carbonyl (C=O) groups excluding carboxylic acids is 3. The van der Waals surface area contributed by atoms with Gasteiger partial charge in [0.05, 0.1) is 18.0 Å². The normalized spacial score (nSPS) is 26.3. The van der Waals surface area contributed by atoms with Crippen molar-refractivity contribution < 1.29 is 14.4 Å². The number of piperidine rings is 1. The molecule has 35 heavy (non-hydrogen) atoms. The molecule has 0 aromatic heterocycles. The van der Waals surface area contributed by atoms with Gasteiger partial charge >= 0.3 is 0 Å². The lowest BCUT2D eigenvalue weighted by atomic mass is 9.81. The molecule has 6 rings (SSSR count). The molecule has 0 radical (unpaired) electrons. The Morgan fingerprint density at radius 1 is 0.914 bits per heavy atom. The first kappa shape index (κ1) is 21.8. The van der Waals surface area contributed by atoms with Gasteiger partial charge in [-0.3, -0.25) is 24.6 Å². The Labute approximate surface area is 203 Å². The maximum atomic E-state index is 13.4. The number of nitrogens with one attached hydrogen (secondary N) is 4. The van der Waals surface area contributed by atoms with Gasteiger partial charge in [-0.2, -0.15) is 0 Å². The SMILES string of the molecule is O=C1CC(C(=O)Nc2cccc3ccccc23)C2C(=O)NC(N3CCc4ccccc4C3)NC2N1. The topological polar surface area (TPSA) is 103 Å². The van der Waals surface area contributed by atoms with Gasteiger partial charge in [0.15, 0.2) is 0 Å². The lowest BCUT2D eigenvalue weighted by molar-refractivity contribution is -0.147. The predicted octanol–water partition coefficient (Wildman–Crippen LogP) is 1.92. The van der Waals surface area contributed by atoms with Crippen molar-refractivity contribution in [3.8, 4) is 0 Å². The van der Waals surface area contributed by atoms with Crippen LogP contribution in [-0.2, 0) is 27.3 Å². The van der Waals surface area contributed by atoms with Crippen LogP contribution in [0.2, 0.25) is 0 Å². The van der Waals surface area contributed by atoms with E-state index in [0.29, 0.717) is 12.2 Å². The van der Waals surface area contributed by atoms with E-state index >= 15 is 0 Å². The van der Waals surface area contributed by atoms with Crippen LogP contribution in [0.1, 0.15) is 17.5 Å². The molecule has 0 aliphatic carbocycles. The van der Waals surface area contributed by atoms with Crippen LogP contribution in [0.15, 0.2) is 66.7 Å². The fourth-order valence-corrected chi connectivity index (χ4v) is 5.55. The zero-order valence-corrected chi connectivity index (χ0v) is 19.2. The molecule has 3 aromatic rings. The van der Waals surface area contributed by atoms with E-state index in [0.717, 1.165) is 23.7 Å². The second-order valence-corrected chi connectivity index (χ2v) is 9.46. The summed E-state index contributed by atoms with van der Waals surface area (Å²) in [5.41, 5.74) is 3.22. The number of benzene rings is 3. The van der Waals surface area contributed by atoms with Crippen molar-refractivity contribution >= 4 is 34.2 Å². The number of hydrogen-bond acceptors (Lipinski definition) is 5. The Morgan fingerprint density at radius 3 is 2.57 bits per heavy atom. The van der Waals surface area contributed by atoms with Crippen LogP contribution in [0.3, 0.4) is 0 Å². The molecule has 0 saturated carbocycles. The molecule has 4 unspecified atom stereocenters. The van der Waals surface area contributed by atoms with Gasteiger partial charge in [-0.25, -0.2) is 0 Å². The highest BCUT2D eigenvalue weighted by atomic mass is 16.2. The van der Waals surface area contributed by atoms with E-state index in [1.165, 1.54) is 11.1 Å². The van der Waals surface area contributed by atoms with Crippen molar-refractivity contribution in [1.82, 2.24) is 20.9 Å². The summed E-state index contributed by atoms with van der Waals surface area (Å²) >= 11 is 0. The highest BCUT2D eigenvalue weighted by Crippen LogP contribution is 2.30. The summed E-state index contributed by atoms with van der Waals surface area (Å²) in [5.74, 6) is -2.27. The summed E-state index contributed by atoms with van der Waals surface area (Å²) < 4.78 is 0. The zero-order chi connectivity index (χ0) is 23.9. The van der Waals surface area contributed by atoms with Crippen LogP contribution in [0.25, 0.3) is 10.8 Å². The molecule has 4 N–H and O–H groups in total. The molecule has 8 nitrogen and oxygen atoms in total. The average molecular weight is 470 g/mol. The number of fused-ring (bicyclic) bond motifs is 3. The highest BCUT2D eigenvalue weighted by Gasteiger charge is 2.49. The van der Waals surface area contributed by atoms with E-state index in [-0.39, 0.29) is 24.1 Å². The van der Waals surface area contributed by atoms with Crippen molar-refractivity contribution in [3.63, 3.8) is 0 Å². The molecule has 0 bridgehead atoms. The molecule has 0 spiro atoms. The van der Waals surface area contributed by atoms with Crippen LogP contribution in [-0.4, -0.2) is 41.6 Å². The van der Waals surface area contributed by atoms with Crippen molar-refractivity contribution in [2.75, 3.05) is 11.9 Å². The van der Waals surface area contributed by atoms with Gasteiger partial charge < -0.3 is 16.0 Å². The van der Waals surface area contributed by atoms with Crippen LogP contribution in [0, 0.1) is 11.8 Å². The number of hydrogen-bond donors (Lipinski definition) is 4. The molecule has 3 amide bonds. The maximum Gasteiger partial charge on any atom is 0.229 e. The fourth-order valence-electron chi connectivity index (χ4n) is 5.55. The minimum Gasteiger partial charge on any atom is -0.340 e. The molecule has 2 fully saturated rings. The summed E-state index contributed by atoms with van der Waals surface area (Å²) in [7, 11) is 0. The van der Waals surface area contributed by atoms with Gasteiger partial charge in [-0.05, 0) is 29.0 Å². The average Bonchev–Trinajstić information content (AvgIpc) is 2.87. The first-order valence-corrected chi connectivity index (χ1v) is 12.0. The quantitative estimate of drug-likeness (QED) is 0.470. The molecule has 4 atom stereocenters. The van der Waals surface area contributed by atoms with Crippen LogP contribution < -0.4 is 21.3 Å². The predicted molar refractivity (Wildman–Crippen MR) is 132 cm³/mol. The first-order valence-electron chi connectivity index (χ1n) is 12.0. The highest BCUT2D eigenvalue weighted by molar-refractivity contribution is 6.05. The second kappa shape index (κ2) is 8.79. The third-order valence-electron chi connectivity index (χ3n) is 7.34. The minimum absolute atomic E-state index is 0.0331. The van der Waals surface area contributed by atoms with Crippen molar-refractivity contribution in [3.05, 3.63) is 77.9 Å². The summed E-state index contributed by atoms with van der Waals surface area (Å²) in [4.78, 5) is 41.4. The molecule has 8 heteroatoms. The Morgan fingerprint density at radius 2 is 1.69 bits per heavy atom. The largest absolute Gasteiger partial charge is 0.340 e. The Bertz CT molecular complexity index is 1320. The van der Waals surface area contributed by atoms with E-state index in [1.807, 2.05) is 54.6 Å². The third-order valence-corrected chi connectivity index (χ3v) is 7.34. The maximum absolute atomic E-state index is 13.4. The Kier molecular flexibility index (Phi) is 5.47. The van der Waals surface area contributed by atoms with E-state index in [1.54, 1.807) is 0 Å². The molecule has 178 valence electrons. The van der Waals surface area contributed by atoms with E-state index < -0.39 is 24.3 Å². The standard InChI is InChI=1S/C27H27N5O3/c33-22-14-20(25(34)28-21-11-5-9-17-7-3-4-10-19(17)21)23-24(29-22)30-27(31-26(23)35)32-13-12-16-6-1-2-8-18(16)15-32/h1-11,20,23-24,27,30H,12-15H2,(H,28,34)(H,29,33)(H,31,35). The second-order valence-electron chi connectivity index (χ2n) is 9.46. The molecule has 2 saturated heterocycles. The summed E-state index contributed by atoms with van der Waals surface area (Å²) in [6.07, 6.45) is -0.178. The summed E-state index contributed by atoms with van der Waals surface area (Å²) in [5, 5.41) is 14.2.